The van der Waals surface area contributed by atoms with Crippen LogP contribution in [0.1, 0.15) is 0 Å². The van der Waals surface area contributed by atoms with Crippen LogP contribution in [0.5, 0.6) is 23.0 Å². The van der Waals surface area contributed by atoms with Gasteiger partial charge in [0.1, 0.15) is 23.0 Å². The second-order valence-corrected chi connectivity index (χ2v) is 6.58. The van der Waals surface area contributed by atoms with Crippen molar-refractivity contribution in [3.8, 4) is 56.9 Å². The zero-order valence-electron chi connectivity index (χ0n) is 16.5. The Labute approximate surface area is 174 Å². The summed E-state index contributed by atoms with van der Waals surface area (Å²) < 4.78 is 10.3. The van der Waals surface area contributed by atoms with Crippen molar-refractivity contribution in [2.45, 2.75) is 0 Å². The third kappa shape index (κ3) is 3.75. The lowest BCUT2D eigenvalue weighted by Crippen LogP contribution is -1.93. The van der Waals surface area contributed by atoms with Crippen molar-refractivity contribution in [2.24, 2.45) is 0 Å². The first-order chi connectivity index (χ1) is 14.6. The third-order valence-corrected chi connectivity index (χ3v) is 4.72. The summed E-state index contributed by atoms with van der Waals surface area (Å²) in [7, 11) is 3.10. The van der Waals surface area contributed by atoms with Gasteiger partial charge in [0, 0.05) is 23.3 Å². The fourth-order valence-corrected chi connectivity index (χ4v) is 3.16. The van der Waals surface area contributed by atoms with Crippen LogP contribution in [0.3, 0.4) is 0 Å². The molecule has 2 aromatic carbocycles. The molecule has 0 aliphatic rings. The summed E-state index contributed by atoms with van der Waals surface area (Å²) >= 11 is 0. The largest absolute Gasteiger partial charge is 0.507 e. The molecule has 0 bridgehead atoms. The van der Waals surface area contributed by atoms with E-state index in [1.165, 1.54) is 0 Å². The first-order valence-corrected chi connectivity index (χ1v) is 9.28. The molecule has 0 saturated carbocycles. The summed E-state index contributed by atoms with van der Waals surface area (Å²) in [5, 5.41) is 20.7. The fourth-order valence-electron chi connectivity index (χ4n) is 3.16. The van der Waals surface area contributed by atoms with Gasteiger partial charge in [0.25, 0.3) is 0 Å². The second-order valence-electron chi connectivity index (χ2n) is 6.58. The average molecular weight is 400 g/mol. The predicted octanol–water partition coefficient (Wildman–Crippen LogP) is 4.91. The van der Waals surface area contributed by atoms with Crippen molar-refractivity contribution < 1.29 is 19.7 Å². The Hall–Kier alpha value is -4.06. The Morgan fingerprint density at radius 3 is 1.33 bits per heavy atom. The smallest absolute Gasteiger partial charge is 0.128 e. The first kappa shape index (κ1) is 19.3. The number of phenolic OH excluding ortho intramolecular Hbond substituents is 2. The van der Waals surface area contributed by atoms with E-state index in [9.17, 15) is 10.2 Å². The van der Waals surface area contributed by atoms with Gasteiger partial charge in [-0.2, -0.15) is 0 Å². The minimum atomic E-state index is 0.0869. The van der Waals surface area contributed by atoms with Crippen LogP contribution in [0.4, 0.5) is 0 Å². The maximum absolute atomic E-state index is 10.3. The number of hydrogen-bond acceptors (Lipinski definition) is 6. The highest BCUT2D eigenvalue weighted by atomic mass is 16.5. The minimum absolute atomic E-state index is 0.0869. The molecule has 2 aromatic heterocycles. The highest BCUT2D eigenvalue weighted by Gasteiger charge is 2.12. The Morgan fingerprint density at radius 2 is 0.967 bits per heavy atom. The van der Waals surface area contributed by atoms with E-state index in [-0.39, 0.29) is 11.5 Å². The number of pyridine rings is 2. The van der Waals surface area contributed by atoms with Crippen molar-refractivity contribution in [3.05, 3.63) is 72.8 Å². The Morgan fingerprint density at radius 1 is 0.567 bits per heavy atom. The van der Waals surface area contributed by atoms with E-state index < -0.39 is 0 Å². The molecule has 0 saturated heterocycles. The molecule has 4 rings (SSSR count). The summed E-state index contributed by atoms with van der Waals surface area (Å²) in [6, 6.07) is 21.2. The van der Waals surface area contributed by atoms with Gasteiger partial charge in [0.15, 0.2) is 0 Å². The second kappa shape index (κ2) is 8.13. The quantitative estimate of drug-likeness (QED) is 0.495. The van der Waals surface area contributed by atoms with Gasteiger partial charge >= 0.3 is 0 Å². The van der Waals surface area contributed by atoms with Crippen molar-refractivity contribution in [1.29, 1.82) is 0 Å². The van der Waals surface area contributed by atoms with E-state index in [0.717, 1.165) is 0 Å². The Bertz CT molecular complexity index is 1110. The maximum Gasteiger partial charge on any atom is 0.128 e. The van der Waals surface area contributed by atoms with Crippen molar-refractivity contribution >= 4 is 0 Å². The number of rotatable bonds is 5. The molecular formula is C24H20N2O4. The highest BCUT2D eigenvalue weighted by Crippen LogP contribution is 2.34. The zero-order valence-corrected chi connectivity index (χ0v) is 16.5. The number of ether oxygens (including phenoxy) is 2. The number of nitrogens with zero attached hydrogens (tertiary/aromatic N) is 2. The molecule has 0 radical (unpaired) electrons. The van der Waals surface area contributed by atoms with Gasteiger partial charge in [-0.25, -0.2) is 9.97 Å². The van der Waals surface area contributed by atoms with Crippen LogP contribution < -0.4 is 9.47 Å². The summed E-state index contributed by atoms with van der Waals surface area (Å²) in [6.07, 6.45) is 0. The number of aromatic hydroxyl groups is 2. The van der Waals surface area contributed by atoms with Gasteiger partial charge in [-0.1, -0.05) is 12.1 Å². The van der Waals surface area contributed by atoms with Crippen LogP contribution in [0, 0.1) is 0 Å². The summed E-state index contributed by atoms with van der Waals surface area (Å²) in [6.45, 7) is 0. The molecule has 0 spiro atoms. The standard InChI is InChI=1S/C24H20N2O4/c1-29-15-9-11-17(23(27)13-15)19-5-3-7-21(25-19)22-8-4-6-20(26-22)18-12-10-16(30-2)14-24(18)28/h3-14,27-28H,1-2H3. The van der Waals surface area contributed by atoms with E-state index >= 15 is 0 Å². The lowest BCUT2D eigenvalue weighted by Gasteiger charge is -2.10. The number of methoxy groups -OCH3 is 2. The molecule has 0 fully saturated rings. The molecule has 30 heavy (non-hydrogen) atoms. The lowest BCUT2D eigenvalue weighted by atomic mass is 10.1. The van der Waals surface area contributed by atoms with Crippen LogP contribution >= 0.6 is 0 Å². The minimum Gasteiger partial charge on any atom is -0.507 e. The summed E-state index contributed by atoms with van der Waals surface area (Å²) in [4.78, 5) is 9.34. The third-order valence-electron chi connectivity index (χ3n) is 4.72. The van der Waals surface area contributed by atoms with Crippen molar-refractivity contribution in [3.63, 3.8) is 0 Å². The molecule has 6 heteroatoms. The molecule has 0 aliphatic carbocycles. The fraction of sp³-hybridized carbons (Fsp3) is 0.0833. The first-order valence-electron chi connectivity index (χ1n) is 9.28. The summed E-state index contributed by atoms with van der Waals surface area (Å²) in [5.74, 6) is 1.31. The van der Waals surface area contributed by atoms with Crippen LogP contribution in [0.25, 0.3) is 33.9 Å². The number of hydrogen-bond donors (Lipinski definition) is 2. The monoisotopic (exact) mass is 400 g/mol. The van der Waals surface area contributed by atoms with E-state index in [1.54, 1.807) is 50.6 Å². The number of aromatic nitrogens is 2. The topological polar surface area (TPSA) is 84.7 Å². The predicted molar refractivity (Wildman–Crippen MR) is 115 cm³/mol. The summed E-state index contributed by atoms with van der Waals surface area (Å²) in [5.41, 5.74) is 3.73. The van der Waals surface area contributed by atoms with Gasteiger partial charge in [-0.15, -0.1) is 0 Å². The molecule has 0 unspecified atom stereocenters. The molecule has 0 atom stereocenters. The molecule has 2 N–H and O–H groups in total. The van der Waals surface area contributed by atoms with Gasteiger partial charge < -0.3 is 19.7 Å². The Balaban J connectivity index is 1.72. The molecule has 6 nitrogen and oxygen atoms in total. The number of benzene rings is 2. The molecule has 0 amide bonds. The molecular weight excluding hydrogens is 380 g/mol. The van der Waals surface area contributed by atoms with E-state index in [0.29, 0.717) is 45.4 Å². The number of phenols is 2. The molecule has 4 aromatic rings. The van der Waals surface area contributed by atoms with E-state index in [2.05, 4.69) is 9.97 Å². The molecule has 0 aliphatic heterocycles. The van der Waals surface area contributed by atoms with Crippen LogP contribution in [-0.2, 0) is 0 Å². The van der Waals surface area contributed by atoms with Gasteiger partial charge in [0.05, 0.1) is 37.0 Å². The average Bonchev–Trinajstić information content (AvgIpc) is 2.79. The molecule has 2 heterocycles. The van der Waals surface area contributed by atoms with Crippen LogP contribution in [-0.4, -0.2) is 34.4 Å². The SMILES string of the molecule is COc1ccc(-c2cccc(-c3cccc(-c4ccc(OC)cc4O)n3)n2)c(O)c1. The van der Waals surface area contributed by atoms with Crippen molar-refractivity contribution in [2.75, 3.05) is 14.2 Å². The van der Waals surface area contributed by atoms with Crippen LogP contribution in [0.2, 0.25) is 0 Å². The van der Waals surface area contributed by atoms with E-state index in [1.807, 2.05) is 36.4 Å². The highest BCUT2D eigenvalue weighted by molar-refractivity contribution is 5.73. The zero-order chi connectivity index (χ0) is 21.1. The van der Waals surface area contributed by atoms with Gasteiger partial charge in [-0.05, 0) is 48.5 Å². The lowest BCUT2D eigenvalue weighted by molar-refractivity contribution is 0.407. The normalized spacial score (nSPS) is 10.6. The van der Waals surface area contributed by atoms with Crippen LogP contribution in [0.15, 0.2) is 72.8 Å². The van der Waals surface area contributed by atoms with Gasteiger partial charge in [0.2, 0.25) is 0 Å². The van der Waals surface area contributed by atoms with E-state index in [4.69, 9.17) is 9.47 Å². The Kier molecular flexibility index (Phi) is 5.22. The molecule has 150 valence electrons. The van der Waals surface area contributed by atoms with Crippen molar-refractivity contribution in [1.82, 2.24) is 9.97 Å². The maximum atomic E-state index is 10.3. The van der Waals surface area contributed by atoms with Gasteiger partial charge in [-0.3, -0.25) is 0 Å².